The Morgan fingerprint density at radius 2 is 2.09 bits per heavy atom. The number of guanidine groups is 1. The summed E-state index contributed by atoms with van der Waals surface area (Å²) in [6, 6.07) is 0. The van der Waals surface area contributed by atoms with E-state index in [1.807, 2.05) is 6.20 Å². The topological polar surface area (TPSA) is 49.3 Å². The van der Waals surface area contributed by atoms with Gasteiger partial charge in [0.15, 0.2) is 5.96 Å². The number of hydrogen-bond donors (Lipinski definition) is 2. The first kappa shape index (κ1) is 19.7. The Kier molecular flexibility index (Phi) is 8.67. The smallest absolute Gasteiger partial charge is 0.191 e. The summed E-state index contributed by atoms with van der Waals surface area (Å²) in [5, 5.41) is 7.96. The van der Waals surface area contributed by atoms with Crippen LogP contribution >= 0.6 is 35.3 Å². The highest BCUT2D eigenvalue weighted by Gasteiger charge is 2.28. The summed E-state index contributed by atoms with van der Waals surface area (Å²) in [6.45, 7) is 9.29. The van der Waals surface area contributed by atoms with E-state index in [1.54, 1.807) is 11.3 Å². The van der Waals surface area contributed by atoms with Crippen LogP contribution in [0.15, 0.2) is 11.2 Å². The van der Waals surface area contributed by atoms with Gasteiger partial charge >= 0.3 is 0 Å². The number of aliphatic imine (C=N–C) groups is 1. The molecule has 0 bridgehead atoms. The van der Waals surface area contributed by atoms with Gasteiger partial charge in [0.25, 0.3) is 0 Å². The van der Waals surface area contributed by atoms with Gasteiger partial charge in [0.1, 0.15) is 0 Å². The molecule has 0 radical (unpaired) electrons. The second-order valence-electron chi connectivity index (χ2n) is 6.25. The number of aromatic nitrogens is 1. The van der Waals surface area contributed by atoms with Crippen molar-refractivity contribution in [3.63, 3.8) is 0 Å². The maximum Gasteiger partial charge on any atom is 0.191 e. The molecule has 6 heteroatoms. The first-order valence-electron chi connectivity index (χ1n) is 8.05. The van der Waals surface area contributed by atoms with Crippen LogP contribution < -0.4 is 10.6 Å². The Morgan fingerprint density at radius 1 is 1.36 bits per heavy atom. The summed E-state index contributed by atoms with van der Waals surface area (Å²) in [7, 11) is 0. The van der Waals surface area contributed by atoms with Gasteiger partial charge in [-0.3, -0.25) is 4.99 Å². The molecule has 0 aliphatic heterocycles. The molecule has 2 rings (SSSR count). The van der Waals surface area contributed by atoms with E-state index in [4.69, 9.17) is 4.99 Å². The van der Waals surface area contributed by atoms with E-state index in [0.717, 1.165) is 32.0 Å². The Labute approximate surface area is 155 Å². The van der Waals surface area contributed by atoms with Crippen LogP contribution in [-0.2, 0) is 6.42 Å². The molecule has 0 atom stereocenters. The van der Waals surface area contributed by atoms with E-state index in [9.17, 15) is 0 Å². The van der Waals surface area contributed by atoms with Crippen molar-refractivity contribution < 1.29 is 0 Å². The summed E-state index contributed by atoms with van der Waals surface area (Å²) in [5.74, 6) is 0.943. The second-order valence-corrected chi connectivity index (χ2v) is 7.57. The highest BCUT2D eigenvalue weighted by atomic mass is 127. The van der Waals surface area contributed by atoms with E-state index in [2.05, 4.69) is 36.4 Å². The zero-order chi connectivity index (χ0) is 15.1. The van der Waals surface area contributed by atoms with E-state index >= 15 is 0 Å². The summed E-state index contributed by atoms with van der Waals surface area (Å²) in [6.07, 6.45) is 8.25. The molecule has 0 spiro atoms. The molecule has 0 unspecified atom stereocenters. The van der Waals surface area contributed by atoms with Crippen LogP contribution in [0.4, 0.5) is 0 Å². The van der Waals surface area contributed by atoms with E-state index in [1.165, 1.54) is 35.6 Å². The van der Waals surface area contributed by atoms with Crippen LogP contribution in [0.25, 0.3) is 0 Å². The second kappa shape index (κ2) is 9.70. The van der Waals surface area contributed by atoms with Crippen molar-refractivity contribution in [2.45, 2.75) is 52.9 Å². The molecule has 0 aromatic carbocycles. The van der Waals surface area contributed by atoms with Crippen molar-refractivity contribution in [1.29, 1.82) is 0 Å². The highest BCUT2D eigenvalue weighted by Crippen LogP contribution is 2.37. The molecule has 1 aromatic heterocycles. The fourth-order valence-corrected chi connectivity index (χ4v) is 3.59. The minimum Gasteiger partial charge on any atom is -0.357 e. The average Bonchev–Trinajstić information content (AvgIpc) is 3.06. The molecular weight excluding hydrogens is 407 g/mol. The van der Waals surface area contributed by atoms with Gasteiger partial charge in [-0.2, -0.15) is 0 Å². The van der Waals surface area contributed by atoms with Crippen molar-refractivity contribution in [1.82, 2.24) is 15.6 Å². The maximum atomic E-state index is 4.78. The maximum absolute atomic E-state index is 4.78. The lowest BCUT2D eigenvalue weighted by molar-refractivity contribution is 0.350. The molecule has 1 heterocycles. The summed E-state index contributed by atoms with van der Waals surface area (Å²) < 4.78 is 0. The molecule has 1 saturated carbocycles. The van der Waals surface area contributed by atoms with Crippen molar-refractivity contribution in [2.75, 3.05) is 19.6 Å². The summed E-state index contributed by atoms with van der Waals surface area (Å²) in [5.41, 5.74) is 0.411. The van der Waals surface area contributed by atoms with E-state index < -0.39 is 0 Å². The predicted molar refractivity (Wildman–Crippen MR) is 107 cm³/mol. The summed E-state index contributed by atoms with van der Waals surface area (Å²) in [4.78, 5) is 10.5. The Bertz CT molecular complexity index is 466. The zero-order valence-corrected chi connectivity index (χ0v) is 17.1. The molecule has 1 aliphatic carbocycles. The third-order valence-corrected chi connectivity index (χ3v) is 5.05. The van der Waals surface area contributed by atoms with E-state index in [0.29, 0.717) is 5.41 Å². The molecule has 2 N–H and O–H groups in total. The number of aryl methyl sites for hydroxylation is 1. The SMILES string of the molecule is CCNC(=NCC1(C)CCCC1)NCCc1ncc(C)s1.I. The van der Waals surface area contributed by atoms with Gasteiger partial charge in [-0.05, 0) is 32.1 Å². The lowest BCUT2D eigenvalue weighted by Gasteiger charge is -2.21. The molecule has 0 amide bonds. The number of hydrogen-bond acceptors (Lipinski definition) is 3. The molecular formula is C16H29IN4S. The van der Waals surface area contributed by atoms with Gasteiger partial charge in [-0.25, -0.2) is 4.98 Å². The normalized spacial score (nSPS) is 17.1. The zero-order valence-electron chi connectivity index (χ0n) is 13.9. The van der Waals surface area contributed by atoms with E-state index in [-0.39, 0.29) is 24.0 Å². The van der Waals surface area contributed by atoms with Crippen LogP contribution in [0.5, 0.6) is 0 Å². The Hall–Kier alpha value is -0.370. The van der Waals surface area contributed by atoms with Crippen molar-refractivity contribution >= 4 is 41.3 Å². The van der Waals surface area contributed by atoms with Gasteiger partial charge in [0.2, 0.25) is 0 Å². The lowest BCUT2D eigenvalue weighted by atomic mass is 9.89. The first-order chi connectivity index (χ1) is 10.1. The first-order valence-corrected chi connectivity index (χ1v) is 8.86. The number of nitrogens with one attached hydrogen (secondary N) is 2. The van der Waals surface area contributed by atoms with Gasteiger partial charge < -0.3 is 10.6 Å². The molecule has 1 aliphatic rings. The molecule has 4 nitrogen and oxygen atoms in total. The third kappa shape index (κ3) is 6.40. The van der Waals surface area contributed by atoms with Crippen LogP contribution in [0.1, 0.15) is 49.4 Å². The van der Waals surface area contributed by atoms with Crippen molar-refractivity contribution in [3.8, 4) is 0 Å². The summed E-state index contributed by atoms with van der Waals surface area (Å²) >= 11 is 1.77. The lowest BCUT2D eigenvalue weighted by Crippen LogP contribution is -2.39. The molecule has 22 heavy (non-hydrogen) atoms. The monoisotopic (exact) mass is 436 g/mol. The molecule has 1 fully saturated rings. The quantitative estimate of drug-likeness (QED) is 0.406. The van der Waals surface area contributed by atoms with Gasteiger partial charge in [-0.1, -0.05) is 19.8 Å². The number of nitrogens with zero attached hydrogens (tertiary/aromatic N) is 2. The van der Waals surface area contributed by atoms with Crippen LogP contribution in [0.3, 0.4) is 0 Å². The van der Waals surface area contributed by atoms with Gasteiger partial charge in [0, 0.05) is 37.1 Å². The van der Waals surface area contributed by atoms with Crippen molar-refractivity contribution in [2.24, 2.45) is 10.4 Å². The minimum atomic E-state index is 0. The number of thiazole rings is 1. The molecule has 0 saturated heterocycles. The fourth-order valence-electron chi connectivity index (χ4n) is 2.80. The molecule has 126 valence electrons. The van der Waals surface area contributed by atoms with Crippen molar-refractivity contribution in [3.05, 3.63) is 16.1 Å². The molecule has 1 aromatic rings. The van der Waals surface area contributed by atoms with Gasteiger partial charge in [0.05, 0.1) is 5.01 Å². The standard InChI is InChI=1S/C16H28N4S.HI/c1-4-17-15(20-12-16(3)8-5-6-9-16)18-10-7-14-19-11-13(2)21-14;/h11H,4-10,12H2,1-3H3,(H2,17,18,20);1H. The predicted octanol–water partition coefficient (Wildman–Crippen LogP) is 3.75. The Balaban J connectivity index is 0.00000242. The number of halogens is 1. The van der Waals surface area contributed by atoms with Crippen LogP contribution in [-0.4, -0.2) is 30.6 Å². The number of rotatable bonds is 6. The highest BCUT2D eigenvalue weighted by molar-refractivity contribution is 14.0. The van der Waals surface area contributed by atoms with Gasteiger partial charge in [-0.15, -0.1) is 35.3 Å². The van der Waals surface area contributed by atoms with Crippen LogP contribution in [0.2, 0.25) is 0 Å². The Morgan fingerprint density at radius 3 is 2.68 bits per heavy atom. The third-order valence-electron chi connectivity index (χ3n) is 4.07. The average molecular weight is 436 g/mol. The fraction of sp³-hybridized carbons (Fsp3) is 0.750. The largest absolute Gasteiger partial charge is 0.357 e. The van der Waals surface area contributed by atoms with Crippen LogP contribution in [0, 0.1) is 12.3 Å². The minimum absolute atomic E-state index is 0.